The molecule has 0 saturated carbocycles. The number of hydrogen-bond acceptors (Lipinski definition) is 6. The van der Waals surface area contributed by atoms with Gasteiger partial charge in [0.25, 0.3) is 10.0 Å². The topological polar surface area (TPSA) is 63.4 Å². The molecule has 0 unspecified atom stereocenters. The number of thioether (sulfide) groups is 1. The number of nitrogens with zero attached hydrogens (tertiary/aromatic N) is 2. The number of thiazole rings is 1. The number of benzene rings is 1. The van der Waals surface area contributed by atoms with Crippen molar-refractivity contribution in [3.8, 4) is 11.3 Å². The lowest BCUT2D eigenvalue weighted by molar-refractivity contribution is 0.408. The van der Waals surface area contributed by atoms with Crippen molar-refractivity contribution < 1.29 is 17.2 Å². The Morgan fingerprint density at radius 2 is 1.92 bits per heavy atom. The van der Waals surface area contributed by atoms with Gasteiger partial charge >= 0.3 is 0 Å². The monoisotopic (exact) mass is 398 g/mol. The molecule has 5 nitrogen and oxygen atoms in total. The molecule has 2 heterocycles. The Morgan fingerprint density at radius 3 is 2.60 bits per heavy atom. The molecule has 25 heavy (non-hydrogen) atoms. The molecule has 2 aromatic heterocycles. The van der Waals surface area contributed by atoms with Crippen LogP contribution in [0.4, 0.5) is 4.39 Å². The van der Waals surface area contributed by atoms with Crippen LogP contribution in [0, 0.1) is 5.82 Å². The van der Waals surface area contributed by atoms with Crippen molar-refractivity contribution in [1.29, 1.82) is 0 Å². The molecule has 0 atom stereocenters. The number of hydrogen-bond donors (Lipinski definition) is 0. The molecule has 3 rings (SSSR count). The Hall–Kier alpha value is -1.68. The summed E-state index contributed by atoms with van der Waals surface area (Å²) in [5.41, 5.74) is 1.63. The van der Waals surface area contributed by atoms with Gasteiger partial charge in [-0.25, -0.2) is 22.1 Å². The lowest BCUT2D eigenvalue weighted by Crippen LogP contribution is -2.21. The Bertz CT molecular complexity index is 963. The fourth-order valence-corrected chi connectivity index (χ4v) is 4.51. The maximum Gasteiger partial charge on any atom is 0.275 e. The molecule has 3 aromatic rings. The molecule has 9 heteroatoms. The summed E-state index contributed by atoms with van der Waals surface area (Å²) >= 11 is 2.93. The maximum absolute atomic E-state index is 13.0. The van der Waals surface area contributed by atoms with Gasteiger partial charge in [0.05, 0.1) is 11.4 Å². The van der Waals surface area contributed by atoms with E-state index in [1.807, 2.05) is 5.38 Å². The number of halogens is 1. The van der Waals surface area contributed by atoms with E-state index in [-0.39, 0.29) is 10.9 Å². The standard InChI is InChI=1S/C16H15FN2O3S3/c1-19(2)25(20,21)15-8-7-13(22-15)9-23-16-18-14(10-24-16)11-3-5-12(17)6-4-11/h3-8,10H,9H2,1-2H3. The van der Waals surface area contributed by atoms with Crippen molar-refractivity contribution in [1.82, 2.24) is 9.29 Å². The average molecular weight is 399 g/mol. The normalized spacial score (nSPS) is 12.0. The third kappa shape index (κ3) is 4.12. The predicted octanol–water partition coefficient (Wildman–Crippen LogP) is 4.08. The van der Waals surface area contributed by atoms with Gasteiger partial charge in [-0.15, -0.1) is 11.3 Å². The van der Waals surface area contributed by atoms with E-state index in [1.165, 1.54) is 55.4 Å². The smallest absolute Gasteiger partial charge is 0.275 e. The zero-order valence-corrected chi connectivity index (χ0v) is 15.9. The van der Waals surface area contributed by atoms with Crippen molar-refractivity contribution in [2.75, 3.05) is 14.1 Å². The molecule has 0 aliphatic rings. The van der Waals surface area contributed by atoms with Crippen molar-refractivity contribution in [2.24, 2.45) is 0 Å². The second kappa shape index (κ2) is 7.28. The first-order chi connectivity index (χ1) is 11.9. The summed E-state index contributed by atoms with van der Waals surface area (Å²) in [6.45, 7) is 0. The van der Waals surface area contributed by atoms with Gasteiger partial charge in [0.15, 0.2) is 4.34 Å². The quantitative estimate of drug-likeness (QED) is 0.586. The molecule has 0 aliphatic heterocycles. The van der Waals surface area contributed by atoms with Gasteiger partial charge in [-0.05, 0) is 36.4 Å². The van der Waals surface area contributed by atoms with Crippen molar-refractivity contribution >= 4 is 33.1 Å². The third-order valence-corrected chi connectivity index (χ3v) is 7.07. The molecule has 0 N–H and O–H groups in total. The highest BCUT2D eigenvalue weighted by Gasteiger charge is 2.21. The first kappa shape index (κ1) is 18.1. The first-order valence-corrected chi connectivity index (χ1v) is 10.5. The second-order valence-electron chi connectivity index (χ2n) is 5.30. The molecule has 0 spiro atoms. The summed E-state index contributed by atoms with van der Waals surface area (Å²) in [4.78, 5) is 4.50. The van der Waals surface area contributed by atoms with Gasteiger partial charge in [0.1, 0.15) is 11.6 Å². The van der Waals surface area contributed by atoms with Crippen molar-refractivity contribution in [3.05, 3.63) is 53.4 Å². The second-order valence-corrected chi connectivity index (χ2v) is 9.47. The molecular weight excluding hydrogens is 383 g/mol. The maximum atomic E-state index is 13.0. The van der Waals surface area contributed by atoms with Crippen LogP contribution in [0.1, 0.15) is 5.76 Å². The molecule has 0 aliphatic carbocycles. The molecule has 132 valence electrons. The van der Waals surface area contributed by atoms with Crippen LogP contribution < -0.4 is 0 Å². The third-order valence-electron chi connectivity index (χ3n) is 3.33. The number of rotatable bonds is 6. The summed E-state index contributed by atoms with van der Waals surface area (Å²) < 4.78 is 44.3. The van der Waals surface area contributed by atoms with E-state index in [2.05, 4.69) is 4.98 Å². The van der Waals surface area contributed by atoms with Crippen LogP contribution in [0.15, 0.2) is 55.6 Å². The van der Waals surface area contributed by atoms with Gasteiger partial charge in [-0.3, -0.25) is 0 Å². The molecule has 0 fully saturated rings. The molecule has 0 saturated heterocycles. The first-order valence-electron chi connectivity index (χ1n) is 7.22. The van der Waals surface area contributed by atoms with Crippen LogP contribution in [0.3, 0.4) is 0 Å². The van der Waals surface area contributed by atoms with Gasteiger partial charge in [0.2, 0.25) is 5.09 Å². The lowest BCUT2D eigenvalue weighted by atomic mass is 10.2. The summed E-state index contributed by atoms with van der Waals surface area (Å²) in [6, 6.07) is 9.27. The number of aromatic nitrogens is 1. The summed E-state index contributed by atoms with van der Waals surface area (Å²) in [5, 5.41) is 1.83. The summed E-state index contributed by atoms with van der Waals surface area (Å²) in [6.07, 6.45) is 0. The lowest BCUT2D eigenvalue weighted by Gasteiger charge is -2.07. The van der Waals surface area contributed by atoms with E-state index in [1.54, 1.807) is 18.2 Å². The van der Waals surface area contributed by atoms with E-state index in [9.17, 15) is 12.8 Å². The minimum atomic E-state index is -3.56. The SMILES string of the molecule is CN(C)S(=O)(=O)c1ccc(CSc2nc(-c3ccc(F)cc3)cs2)o1. The fourth-order valence-electron chi connectivity index (χ4n) is 1.96. The molecule has 0 radical (unpaired) electrons. The predicted molar refractivity (Wildman–Crippen MR) is 96.6 cm³/mol. The largest absolute Gasteiger partial charge is 0.447 e. The Kier molecular flexibility index (Phi) is 5.28. The summed E-state index contributed by atoms with van der Waals surface area (Å²) in [5.74, 6) is 0.748. The van der Waals surface area contributed by atoms with Crippen molar-refractivity contribution in [2.45, 2.75) is 15.2 Å². The summed E-state index contributed by atoms with van der Waals surface area (Å²) in [7, 11) is -0.646. The fraction of sp³-hybridized carbons (Fsp3) is 0.188. The Labute approximate surface area is 153 Å². The van der Waals surface area contributed by atoms with Gasteiger partial charge in [-0.1, -0.05) is 11.8 Å². The zero-order chi connectivity index (χ0) is 18.0. The number of sulfonamides is 1. The van der Waals surface area contributed by atoms with Crippen LogP contribution in [0.5, 0.6) is 0 Å². The van der Waals surface area contributed by atoms with Gasteiger partial charge in [0, 0.05) is 25.0 Å². The molecule has 1 aromatic carbocycles. The Balaban J connectivity index is 1.67. The average Bonchev–Trinajstić information content (AvgIpc) is 3.23. The molecule has 0 bridgehead atoms. The highest BCUT2D eigenvalue weighted by atomic mass is 32.2. The zero-order valence-electron chi connectivity index (χ0n) is 13.5. The minimum absolute atomic E-state index is 0.0701. The molecular formula is C16H15FN2O3S3. The van der Waals surface area contributed by atoms with E-state index in [4.69, 9.17) is 4.42 Å². The van der Waals surface area contributed by atoms with Gasteiger partial charge in [-0.2, -0.15) is 0 Å². The van der Waals surface area contributed by atoms with E-state index in [0.29, 0.717) is 11.5 Å². The van der Waals surface area contributed by atoms with E-state index >= 15 is 0 Å². The van der Waals surface area contributed by atoms with Crippen LogP contribution in [0.25, 0.3) is 11.3 Å². The van der Waals surface area contributed by atoms with Crippen LogP contribution >= 0.6 is 23.1 Å². The minimum Gasteiger partial charge on any atom is -0.447 e. The van der Waals surface area contributed by atoms with Gasteiger partial charge < -0.3 is 4.42 Å². The van der Waals surface area contributed by atoms with Crippen LogP contribution in [-0.2, 0) is 15.8 Å². The highest BCUT2D eigenvalue weighted by molar-refractivity contribution is 8.00. The van der Waals surface area contributed by atoms with Crippen LogP contribution in [0.2, 0.25) is 0 Å². The number of furan rings is 1. The van der Waals surface area contributed by atoms with E-state index in [0.717, 1.165) is 19.9 Å². The van der Waals surface area contributed by atoms with Crippen molar-refractivity contribution in [3.63, 3.8) is 0 Å². The Morgan fingerprint density at radius 1 is 1.20 bits per heavy atom. The molecule has 0 amide bonds. The highest BCUT2D eigenvalue weighted by Crippen LogP contribution is 2.31. The van der Waals surface area contributed by atoms with E-state index < -0.39 is 10.0 Å². The van der Waals surface area contributed by atoms with Crippen LogP contribution in [-0.4, -0.2) is 31.8 Å².